The Morgan fingerprint density at radius 2 is 1.80 bits per heavy atom. The molecule has 0 aromatic rings. The second-order valence-corrected chi connectivity index (χ2v) is 2.02. The van der Waals surface area contributed by atoms with Crippen LogP contribution in [0.1, 0.15) is 39.0 Å². The van der Waals surface area contributed by atoms with E-state index < -0.39 is 0 Å². The monoisotopic (exact) mass is 142 g/mol. The van der Waals surface area contributed by atoms with Crippen LogP contribution in [0.3, 0.4) is 0 Å². The number of carbonyl (C=O) groups is 1. The third-order valence-corrected chi connectivity index (χ3v) is 1.18. The van der Waals surface area contributed by atoms with Crippen LogP contribution in [0.2, 0.25) is 0 Å². The van der Waals surface area contributed by atoms with Crippen LogP contribution in [-0.2, 0) is 4.79 Å². The minimum Gasteiger partial charge on any atom is -0.303 e. The molecule has 0 fully saturated rings. The Hall–Kier alpha value is -0.590. The highest BCUT2D eigenvalue weighted by Crippen LogP contribution is 1.99. The molecular formula is C9H18O. The van der Waals surface area contributed by atoms with Gasteiger partial charge in [-0.05, 0) is 6.42 Å². The lowest BCUT2D eigenvalue weighted by Crippen LogP contribution is -1.76. The highest BCUT2D eigenvalue weighted by molar-refractivity contribution is 5.48. The lowest BCUT2D eigenvalue weighted by Gasteiger charge is -1.90. The van der Waals surface area contributed by atoms with Crippen molar-refractivity contribution in [1.29, 1.82) is 0 Å². The molecule has 0 bridgehead atoms. The van der Waals surface area contributed by atoms with E-state index in [0.29, 0.717) is 0 Å². The Labute approximate surface area is 64.1 Å². The predicted molar refractivity (Wildman–Crippen MR) is 46.1 cm³/mol. The first-order chi connectivity index (χ1) is 4.91. The molecule has 0 aliphatic rings. The van der Waals surface area contributed by atoms with E-state index in [1.165, 1.54) is 19.3 Å². The third kappa shape index (κ3) is 15.7. The Kier molecular flexibility index (Phi) is 19.1. The fourth-order valence-electron chi connectivity index (χ4n) is 0.654. The van der Waals surface area contributed by atoms with Crippen molar-refractivity contribution in [3.63, 3.8) is 0 Å². The van der Waals surface area contributed by atoms with Crippen LogP contribution in [0, 0.1) is 0 Å². The summed E-state index contributed by atoms with van der Waals surface area (Å²) in [6.45, 7) is 8.17. The van der Waals surface area contributed by atoms with Gasteiger partial charge in [-0.2, -0.15) is 0 Å². The maximum Gasteiger partial charge on any atom is 0.119 e. The molecule has 1 heteroatoms. The second-order valence-electron chi connectivity index (χ2n) is 2.02. The van der Waals surface area contributed by atoms with E-state index >= 15 is 0 Å². The Morgan fingerprint density at radius 3 is 2.20 bits per heavy atom. The van der Waals surface area contributed by atoms with Crippen molar-refractivity contribution in [3.8, 4) is 0 Å². The molecule has 0 unspecified atom stereocenters. The van der Waals surface area contributed by atoms with Crippen LogP contribution in [0.25, 0.3) is 0 Å². The summed E-state index contributed by atoms with van der Waals surface area (Å²) in [6.07, 6.45) is 6.56. The SMILES string of the molecule is C=C.CCCCCCC=O. The lowest BCUT2D eigenvalue weighted by atomic mass is 10.2. The number of carbonyl (C=O) groups excluding carboxylic acids is 1. The number of rotatable bonds is 5. The van der Waals surface area contributed by atoms with Crippen molar-refractivity contribution in [2.45, 2.75) is 39.0 Å². The van der Waals surface area contributed by atoms with E-state index in [0.717, 1.165) is 19.1 Å². The van der Waals surface area contributed by atoms with Crippen molar-refractivity contribution >= 4 is 6.29 Å². The van der Waals surface area contributed by atoms with Gasteiger partial charge in [-0.1, -0.05) is 26.2 Å². The molecule has 0 heterocycles. The van der Waals surface area contributed by atoms with Crippen LogP contribution >= 0.6 is 0 Å². The average Bonchev–Trinajstić information content (AvgIpc) is 2.02. The van der Waals surface area contributed by atoms with Gasteiger partial charge in [0.2, 0.25) is 0 Å². The molecule has 60 valence electrons. The summed E-state index contributed by atoms with van der Waals surface area (Å²) in [5.74, 6) is 0. The highest BCUT2D eigenvalue weighted by atomic mass is 16.1. The molecule has 0 amide bonds. The summed E-state index contributed by atoms with van der Waals surface area (Å²) in [6, 6.07) is 0. The van der Waals surface area contributed by atoms with E-state index in [4.69, 9.17) is 0 Å². The topological polar surface area (TPSA) is 17.1 Å². The van der Waals surface area contributed by atoms with Gasteiger partial charge in [-0.15, -0.1) is 13.2 Å². The van der Waals surface area contributed by atoms with Crippen molar-refractivity contribution < 1.29 is 4.79 Å². The molecule has 0 aromatic carbocycles. The van der Waals surface area contributed by atoms with Crippen LogP contribution in [0.15, 0.2) is 13.2 Å². The lowest BCUT2D eigenvalue weighted by molar-refractivity contribution is -0.107. The first-order valence-corrected chi connectivity index (χ1v) is 3.85. The molecule has 10 heavy (non-hydrogen) atoms. The maximum absolute atomic E-state index is 9.77. The van der Waals surface area contributed by atoms with Gasteiger partial charge in [-0.3, -0.25) is 0 Å². The largest absolute Gasteiger partial charge is 0.303 e. The minimum absolute atomic E-state index is 0.750. The molecule has 0 N–H and O–H groups in total. The predicted octanol–water partition coefficient (Wildman–Crippen LogP) is 2.96. The van der Waals surface area contributed by atoms with Gasteiger partial charge in [0, 0.05) is 6.42 Å². The smallest absolute Gasteiger partial charge is 0.119 e. The van der Waals surface area contributed by atoms with Gasteiger partial charge in [0.25, 0.3) is 0 Å². The molecule has 0 radical (unpaired) electrons. The van der Waals surface area contributed by atoms with Crippen molar-refractivity contribution in [2.75, 3.05) is 0 Å². The average molecular weight is 142 g/mol. The molecule has 0 saturated heterocycles. The quantitative estimate of drug-likeness (QED) is 0.327. The molecule has 0 rings (SSSR count). The van der Waals surface area contributed by atoms with Gasteiger partial charge in [0.05, 0.1) is 0 Å². The second kappa shape index (κ2) is 15.8. The van der Waals surface area contributed by atoms with E-state index in [-0.39, 0.29) is 0 Å². The van der Waals surface area contributed by atoms with Gasteiger partial charge in [0.15, 0.2) is 0 Å². The van der Waals surface area contributed by atoms with E-state index in [1.54, 1.807) is 0 Å². The summed E-state index contributed by atoms with van der Waals surface area (Å²) in [7, 11) is 0. The van der Waals surface area contributed by atoms with Crippen LogP contribution in [0.4, 0.5) is 0 Å². The number of unbranched alkanes of at least 4 members (excludes halogenated alkanes) is 4. The molecule has 0 aliphatic carbocycles. The standard InChI is InChI=1S/C7H14O.C2H4/c1-2-3-4-5-6-7-8;1-2/h7H,2-6H2,1H3;1-2H2. The summed E-state index contributed by atoms with van der Waals surface area (Å²) in [5.41, 5.74) is 0. The first kappa shape index (κ1) is 12.1. The van der Waals surface area contributed by atoms with Gasteiger partial charge in [0.1, 0.15) is 6.29 Å². The summed E-state index contributed by atoms with van der Waals surface area (Å²) >= 11 is 0. The van der Waals surface area contributed by atoms with E-state index in [9.17, 15) is 4.79 Å². The summed E-state index contributed by atoms with van der Waals surface area (Å²) in [5, 5.41) is 0. The Bertz CT molecular complexity index is 59.7. The number of hydrogen-bond donors (Lipinski definition) is 0. The third-order valence-electron chi connectivity index (χ3n) is 1.18. The van der Waals surface area contributed by atoms with Gasteiger partial charge in [-0.25, -0.2) is 0 Å². The molecule has 1 nitrogen and oxygen atoms in total. The Balaban J connectivity index is 0. The zero-order chi connectivity index (χ0) is 8.24. The zero-order valence-corrected chi connectivity index (χ0v) is 6.94. The van der Waals surface area contributed by atoms with Crippen molar-refractivity contribution in [2.24, 2.45) is 0 Å². The Morgan fingerprint density at radius 1 is 1.20 bits per heavy atom. The van der Waals surface area contributed by atoms with Crippen LogP contribution in [0.5, 0.6) is 0 Å². The van der Waals surface area contributed by atoms with Gasteiger partial charge < -0.3 is 4.79 Å². The molecule has 0 spiro atoms. The van der Waals surface area contributed by atoms with Crippen LogP contribution in [-0.4, -0.2) is 6.29 Å². The van der Waals surface area contributed by atoms with Crippen LogP contribution < -0.4 is 0 Å². The zero-order valence-electron chi connectivity index (χ0n) is 6.94. The normalized spacial score (nSPS) is 7.70. The van der Waals surface area contributed by atoms with Gasteiger partial charge >= 0.3 is 0 Å². The van der Waals surface area contributed by atoms with Crippen molar-refractivity contribution in [3.05, 3.63) is 13.2 Å². The minimum atomic E-state index is 0.750. The summed E-state index contributed by atoms with van der Waals surface area (Å²) < 4.78 is 0. The van der Waals surface area contributed by atoms with E-state index in [1.807, 2.05) is 0 Å². The maximum atomic E-state index is 9.77. The molecular weight excluding hydrogens is 124 g/mol. The molecule has 0 atom stereocenters. The summed E-state index contributed by atoms with van der Waals surface area (Å²) in [4.78, 5) is 9.77. The number of hydrogen-bond acceptors (Lipinski definition) is 1. The van der Waals surface area contributed by atoms with E-state index in [2.05, 4.69) is 20.1 Å². The number of aldehydes is 1. The fourth-order valence-corrected chi connectivity index (χ4v) is 0.654. The molecule has 0 aromatic heterocycles. The molecule has 0 saturated carbocycles. The highest BCUT2D eigenvalue weighted by Gasteiger charge is 1.83. The first-order valence-electron chi connectivity index (χ1n) is 3.85. The van der Waals surface area contributed by atoms with Crippen molar-refractivity contribution in [1.82, 2.24) is 0 Å². The molecule has 0 aliphatic heterocycles. The fraction of sp³-hybridized carbons (Fsp3) is 0.667.